The second kappa shape index (κ2) is 9.23. The summed E-state index contributed by atoms with van der Waals surface area (Å²) in [6.07, 6.45) is 1.71. The van der Waals surface area contributed by atoms with Crippen LogP contribution in [-0.4, -0.2) is 71.6 Å². The van der Waals surface area contributed by atoms with Crippen molar-refractivity contribution in [3.8, 4) is 17.1 Å². The molecule has 2 aliphatic heterocycles. The number of ether oxygens (including phenoxy) is 2. The molecule has 5 rings (SSSR count). The van der Waals surface area contributed by atoms with E-state index in [-0.39, 0.29) is 17.9 Å². The Hall–Kier alpha value is -3.39. The Morgan fingerprint density at radius 3 is 2.73 bits per heavy atom. The number of aryl methyl sites for hydroxylation is 1. The fourth-order valence-corrected chi connectivity index (χ4v) is 4.38. The molecule has 2 saturated heterocycles. The summed E-state index contributed by atoms with van der Waals surface area (Å²) in [5.74, 6) is 1.44. The van der Waals surface area contributed by atoms with Crippen LogP contribution in [0, 0.1) is 6.92 Å². The van der Waals surface area contributed by atoms with Crippen LogP contribution in [0.2, 0.25) is 0 Å². The van der Waals surface area contributed by atoms with Gasteiger partial charge in [-0.2, -0.15) is 0 Å². The number of aromatic hydroxyl groups is 1. The lowest BCUT2D eigenvalue weighted by Gasteiger charge is -2.35. The van der Waals surface area contributed by atoms with Gasteiger partial charge >= 0.3 is 6.09 Å². The maximum absolute atomic E-state index is 12.5. The van der Waals surface area contributed by atoms with Crippen molar-refractivity contribution in [3.05, 3.63) is 48.0 Å². The fourth-order valence-electron chi connectivity index (χ4n) is 4.38. The van der Waals surface area contributed by atoms with Crippen molar-refractivity contribution in [1.29, 1.82) is 0 Å². The molecule has 1 aromatic heterocycles. The molecule has 3 heterocycles. The highest BCUT2D eigenvalue weighted by Gasteiger charge is 2.26. The molecule has 8 nitrogen and oxygen atoms in total. The Morgan fingerprint density at radius 1 is 1.15 bits per heavy atom. The third kappa shape index (κ3) is 4.57. The second-order valence-electron chi connectivity index (χ2n) is 8.59. The van der Waals surface area contributed by atoms with E-state index in [1.165, 1.54) is 0 Å². The van der Waals surface area contributed by atoms with E-state index in [0.29, 0.717) is 44.2 Å². The van der Waals surface area contributed by atoms with Crippen LogP contribution in [0.1, 0.15) is 18.4 Å². The zero-order valence-electron chi connectivity index (χ0n) is 18.7. The van der Waals surface area contributed by atoms with E-state index in [2.05, 4.69) is 4.90 Å². The van der Waals surface area contributed by atoms with Gasteiger partial charge in [-0.25, -0.2) is 14.8 Å². The smallest absolute Gasteiger partial charge is 0.409 e. The highest BCUT2D eigenvalue weighted by molar-refractivity contribution is 5.92. The number of carbonyl (C=O) groups excluding carboxylic acids is 1. The number of benzene rings is 2. The number of nitrogens with zero attached hydrogens (tertiary/aromatic N) is 4. The summed E-state index contributed by atoms with van der Waals surface area (Å²) < 4.78 is 11.0. The van der Waals surface area contributed by atoms with Crippen molar-refractivity contribution in [1.82, 2.24) is 14.9 Å². The Labute approximate surface area is 192 Å². The quantitative estimate of drug-likeness (QED) is 0.650. The van der Waals surface area contributed by atoms with Crippen LogP contribution in [0.5, 0.6) is 5.75 Å². The van der Waals surface area contributed by atoms with E-state index in [1.807, 2.05) is 37.3 Å². The normalized spacial score (nSPS) is 18.6. The monoisotopic (exact) mass is 448 g/mol. The van der Waals surface area contributed by atoms with E-state index < -0.39 is 0 Å². The maximum atomic E-state index is 12.5. The Kier molecular flexibility index (Phi) is 6.00. The van der Waals surface area contributed by atoms with Gasteiger partial charge in [-0.15, -0.1) is 0 Å². The number of rotatable bonds is 4. The number of aromatic nitrogens is 2. The molecule has 33 heavy (non-hydrogen) atoms. The average Bonchev–Trinajstić information content (AvgIpc) is 3.36. The molecule has 0 saturated carbocycles. The zero-order valence-corrected chi connectivity index (χ0v) is 18.7. The van der Waals surface area contributed by atoms with E-state index >= 15 is 0 Å². The lowest BCUT2D eigenvalue weighted by molar-refractivity contribution is 0.0293. The van der Waals surface area contributed by atoms with Crippen molar-refractivity contribution in [3.63, 3.8) is 0 Å². The number of amides is 1. The van der Waals surface area contributed by atoms with Gasteiger partial charge in [0.25, 0.3) is 0 Å². The van der Waals surface area contributed by atoms with Crippen LogP contribution in [0.15, 0.2) is 42.5 Å². The fraction of sp³-hybridized carbons (Fsp3) is 0.400. The summed E-state index contributed by atoms with van der Waals surface area (Å²) in [6, 6.07) is 13.2. The number of phenols is 1. The molecule has 0 spiro atoms. The summed E-state index contributed by atoms with van der Waals surface area (Å²) in [4.78, 5) is 26.0. The van der Waals surface area contributed by atoms with Crippen molar-refractivity contribution >= 4 is 22.8 Å². The number of hydrogen-bond donors (Lipinski definition) is 1. The lowest BCUT2D eigenvalue weighted by Crippen LogP contribution is -2.49. The molecular formula is C25H28N4O4. The SMILES string of the molecule is Cc1ccc2c(N3CCN(C(=O)OCC4CCCO4)CC3)nc(-c3ccccc3O)nc2c1. The first-order valence-electron chi connectivity index (χ1n) is 11.4. The minimum Gasteiger partial charge on any atom is -0.507 e. The van der Waals surface area contributed by atoms with Crippen LogP contribution in [0.3, 0.4) is 0 Å². The molecule has 1 unspecified atom stereocenters. The first-order chi connectivity index (χ1) is 16.1. The van der Waals surface area contributed by atoms with Gasteiger partial charge in [-0.3, -0.25) is 0 Å². The summed E-state index contributed by atoms with van der Waals surface area (Å²) in [7, 11) is 0. The number of piperazine rings is 1. The number of carbonyl (C=O) groups is 1. The maximum Gasteiger partial charge on any atom is 0.409 e. The van der Waals surface area contributed by atoms with Gasteiger partial charge < -0.3 is 24.4 Å². The summed E-state index contributed by atoms with van der Waals surface area (Å²) >= 11 is 0. The average molecular weight is 449 g/mol. The number of fused-ring (bicyclic) bond motifs is 1. The van der Waals surface area contributed by atoms with Crippen molar-refractivity contribution < 1.29 is 19.4 Å². The molecule has 2 aliphatic rings. The first kappa shape index (κ1) is 21.5. The molecule has 0 aliphatic carbocycles. The van der Waals surface area contributed by atoms with Gasteiger partial charge in [-0.1, -0.05) is 18.2 Å². The van der Waals surface area contributed by atoms with Gasteiger partial charge in [0.1, 0.15) is 18.2 Å². The molecule has 0 radical (unpaired) electrons. The lowest BCUT2D eigenvalue weighted by atomic mass is 10.1. The van der Waals surface area contributed by atoms with E-state index in [9.17, 15) is 9.90 Å². The van der Waals surface area contributed by atoms with Gasteiger partial charge in [0.2, 0.25) is 0 Å². The molecule has 3 aromatic rings. The predicted molar refractivity (Wildman–Crippen MR) is 125 cm³/mol. The predicted octanol–water partition coefficient (Wildman–Crippen LogP) is 3.75. The second-order valence-corrected chi connectivity index (χ2v) is 8.59. The molecule has 1 amide bonds. The summed E-state index contributed by atoms with van der Waals surface area (Å²) in [6.45, 7) is 5.46. The topological polar surface area (TPSA) is 88.0 Å². The van der Waals surface area contributed by atoms with Crippen LogP contribution >= 0.6 is 0 Å². The molecule has 0 bridgehead atoms. The van der Waals surface area contributed by atoms with Crippen LogP contribution in [0.25, 0.3) is 22.3 Å². The molecule has 2 aromatic carbocycles. The first-order valence-corrected chi connectivity index (χ1v) is 11.4. The van der Waals surface area contributed by atoms with Crippen LogP contribution in [-0.2, 0) is 9.47 Å². The molecule has 1 atom stereocenters. The third-order valence-corrected chi connectivity index (χ3v) is 6.23. The zero-order chi connectivity index (χ0) is 22.8. The highest BCUT2D eigenvalue weighted by Crippen LogP contribution is 2.32. The molecule has 8 heteroatoms. The van der Waals surface area contributed by atoms with Crippen molar-refractivity contribution in [2.45, 2.75) is 25.9 Å². The van der Waals surface area contributed by atoms with Crippen molar-refractivity contribution in [2.75, 3.05) is 44.3 Å². The number of hydrogen-bond acceptors (Lipinski definition) is 7. The highest BCUT2D eigenvalue weighted by atomic mass is 16.6. The van der Waals surface area contributed by atoms with E-state index in [4.69, 9.17) is 19.4 Å². The minimum absolute atomic E-state index is 0.0268. The Bertz CT molecular complexity index is 1150. The Balaban J connectivity index is 1.36. The molecule has 2 fully saturated rings. The minimum atomic E-state index is -0.289. The van der Waals surface area contributed by atoms with Crippen molar-refractivity contribution in [2.24, 2.45) is 0 Å². The van der Waals surface area contributed by atoms with Gasteiger partial charge in [0.15, 0.2) is 5.82 Å². The number of anilines is 1. The van der Waals surface area contributed by atoms with E-state index in [0.717, 1.165) is 41.7 Å². The van der Waals surface area contributed by atoms with Gasteiger partial charge in [0, 0.05) is 38.2 Å². The number of para-hydroxylation sites is 1. The molecule has 1 N–H and O–H groups in total. The largest absolute Gasteiger partial charge is 0.507 e. The van der Waals surface area contributed by atoms with Crippen LogP contribution < -0.4 is 4.90 Å². The summed E-state index contributed by atoms with van der Waals surface area (Å²) in [5.41, 5.74) is 2.53. The molecular weight excluding hydrogens is 420 g/mol. The van der Waals surface area contributed by atoms with E-state index in [1.54, 1.807) is 17.0 Å². The number of phenolic OH excluding ortho intramolecular Hbond substituents is 1. The molecule has 172 valence electrons. The summed E-state index contributed by atoms with van der Waals surface area (Å²) in [5, 5.41) is 11.3. The Morgan fingerprint density at radius 2 is 1.97 bits per heavy atom. The third-order valence-electron chi connectivity index (χ3n) is 6.23. The van der Waals surface area contributed by atoms with Crippen LogP contribution in [0.4, 0.5) is 10.6 Å². The van der Waals surface area contributed by atoms with Gasteiger partial charge in [0.05, 0.1) is 17.2 Å². The van der Waals surface area contributed by atoms with Gasteiger partial charge in [-0.05, 0) is 49.6 Å². The standard InChI is InChI=1S/C25H28N4O4/c1-17-8-9-19-21(15-17)26-23(20-6-2-3-7-22(20)30)27-24(19)28-10-12-29(13-11-28)25(31)33-16-18-5-4-14-32-18/h2-3,6-9,15,18,30H,4-5,10-14,16H2,1H3.